The first-order valence-corrected chi connectivity index (χ1v) is 14.5. The second kappa shape index (κ2) is 96.9. The molecule has 11 unspecified atom stereocenters. The van der Waals surface area contributed by atoms with Crippen molar-refractivity contribution in [1.82, 2.24) is 0 Å². The van der Waals surface area contributed by atoms with Gasteiger partial charge in [-0.1, -0.05) is 29.7 Å². The van der Waals surface area contributed by atoms with Crippen LogP contribution in [0.1, 0.15) is 29.7 Å². The smallest absolute Gasteiger partial charge is 0.105 e. The number of aliphatic hydroxyl groups excluding tert-OH is 8. The molecule has 2 radical (unpaired) electrons. The monoisotopic (exact) mass is 1170 g/mol. The molecule has 26 heteroatoms. The van der Waals surface area contributed by atoms with Gasteiger partial charge in [-0.25, -0.2) is 0 Å². The minimum absolute atomic E-state index is 0. The van der Waals surface area contributed by atoms with Crippen LogP contribution in [0, 0.1) is 0 Å². The normalized spacial score (nSPS) is 13.1. The van der Waals surface area contributed by atoms with Crippen LogP contribution in [-0.4, -0.2) is 199 Å². The minimum atomic E-state index is -0.718. The van der Waals surface area contributed by atoms with Gasteiger partial charge in [0.2, 0.25) is 0 Å². The van der Waals surface area contributed by atoms with Gasteiger partial charge in [0.25, 0.3) is 0 Å². The van der Waals surface area contributed by atoms with Crippen molar-refractivity contribution in [2.24, 2.45) is 0 Å². The maximum atomic E-state index is 8.79. The first-order chi connectivity index (χ1) is 21.5. The van der Waals surface area contributed by atoms with Gasteiger partial charge in [-0.2, -0.15) is 26.9 Å². The number of hydrogen-bond acceptors (Lipinski definition) is 18. The summed E-state index contributed by atoms with van der Waals surface area (Å²) in [7, 11) is 14.5. The average molecular weight is 1170 g/mol. The summed E-state index contributed by atoms with van der Waals surface area (Å²) in [5, 5.41) is 75.7. The molecule has 0 aromatic carbocycles. The third kappa shape index (κ3) is 124. The number of halogens is 1. The molecular weight excluding hydrogens is 1080 g/mol. The number of methoxy groups -OCH3 is 5. The number of ether oxygens (including phenoxy) is 6. The molecule has 0 aliphatic carbocycles. The number of hydrogen-bond donors (Lipinski definition) is 8. The van der Waals surface area contributed by atoms with E-state index in [2.05, 4.69) is 65.7 Å². The van der Waals surface area contributed by atoms with E-state index in [4.69, 9.17) is 50.7 Å². The summed E-state index contributed by atoms with van der Waals surface area (Å²) in [5.74, 6) is 0. The van der Waals surface area contributed by atoms with Crippen molar-refractivity contribution in [2.75, 3.05) is 122 Å². The number of epoxide rings is 1. The van der Waals surface area contributed by atoms with Crippen molar-refractivity contribution in [3.63, 3.8) is 0 Å². The van der Waals surface area contributed by atoms with Gasteiger partial charge in [0.05, 0.1) is 79.3 Å². The van der Waals surface area contributed by atoms with Gasteiger partial charge in [0.1, 0.15) is 36.6 Å². The summed E-state index contributed by atoms with van der Waals surface area (Å²) in [6, 6.07) is 0. The van der Waals surface area contributed by atoms with Crippen molar-refractivity contribution < 1.29 is 153 Å². The third-order valence-corrected chi connectivity index (χ3v) is 4.27. The molecule has 0 saturated carbocycles. The van der Waals surface area contributed by atoms with E-state index >= 15 is 0 Å². The van der Waals surface area contributed by atoms with Gasteiger partial charge in [-0.3, -0.25) is 0 Å². The van der Waals surface area contributed by atoms with Crippen LogP contribution in [0.4, 0.5) is 0 Å². The van der Waals surface area contributed by atoms with Crippen molar-refractivity contribution in [3.05, 3.63) is 0 Å². The fourth-order valence-corrected chi connectivity index (χ4v) is 2.37. The maximum absolute atomic E-state index is 8.79. The molecule has 1 saturated heterocycles. The Hall–Kier alpha value is 4.37. The van der Waals surface area contributed by atoms with Crippen LogP contribution in [0.5, 0.6) is 0 Å². The van der Waals surface area contributed by atoms with Gasteiger partial charge in [0, 0.05) is 129 Å². The molecule has 54 heavy (non-hydrogen) atoms. The second-order valence-electron chi connectivity index (χ2n) is 8.05. The average Bonchev–Trinajstić information content (AvgIpc) is 3.85. The SMILES string of the molecule is C.C.C.C.COCC(O)CO.COCC(O)CO.COCC(O)CO.COCC(O)COP.COCC(O)COP.C[O-].I.P.P.POCC1CO1.[Y].[Y]. The Bertz CT molecular complexity index is 441. The molecular formula is C28H85IO18P5Y2-. The van der Waals surface area contributed by atoms with Gasteiger partial charge >= 0.3 is 0 Å². The summed E-state index contributed by atoms with van der Waals surface area (Å²) in [6.45, 7) is 2.80. The molecule has 11 atom stereocenters. The molecule has 0 aromatic heterocycles. The van der Waals surface area contributed by atoms with Crippen molar-refractivity contribution >= 4 is 72.2 Å². The van der Waals surface area contributed by atoms with Crippen molar-refractivity contribution in [1.29, 1.82) is 0 Å². The molecule has 1 fully saturated rings. The summed E-state index contributed by atoms with van der Waals surface area (Å²) in [4.78, 5) is 0. The maximum Gasteiger partial charge on any atom is 0.105 e. The zero-order valence-corrected chi connectivity index (χ0v) is 44.6. The third-order valence-electron chi connectivity index (χ3n) is 3.69. The van der Waals surface area contributed by atoms with Gasteiger partial charge < -0.3 is 88.0 Å². The summed E-state index contributed by atoms with van der Waals surface area (Å²) < 4.78 is 41.2. The molecule has 0 aromatic rings. The Balaban J connectivity index is -0.0000000249. The minimum Gasteiger partial charge on any atom is -0.857 e. The van der Waals surface area contributed by atoms with Crippen molar-refractivity contribution in [3.8, 4) is 0 Å². The van der Waals surface area contributed by atoms with Gasteiger partial charge in [0.15, 0.2) is 0 Å². The quantitative estimate of drug-likeness (QED) is 0.0438. The van der Waals surface area contributed by atoms with Gasteiger partial charge in [-0.15, -0.1) is 24.0 Å². The van der Waals surface area contributed by atoms with Crippen LogP contribution >= 0.6 is 72.2 Å². The molecule has 0 spiro atoms. The van der Waals surface area contributed by atoms with Crippen LogP contribution in [0.2, 0.25) is 0 Å². The van der Waals surface area contributed by atoms with E-state index in [1.165, 1.54) is 35.5 Å². The molecule has 1 heterocycles. The Morgan fingerprint density at radius 3 is 0.815 bits per heavy atom. The largest absolute Gasteiger partial charge is 0.857 e. The Morgan fingerprint density at radius 2 is 0.722 bits per heavy atom. The van der Waals surface area contributed by atoms with Crippen LogP contribution < -0.4 is 5.11 Å². The molecule has 1 rings (SSSR count). The zero-order chi connectivity index (χ0) is 36.3. The predicted octanol–water partition coefficient (Wildman–Crippen LogP) is -0.999. The fourth-order valence-electron chi connectivity index (χ4n) is 1.71. The van der Waals surface area contributed by atoms with E-state index < -0.39 is 30.5 Å². The van der Waals surface area contributed by atoms with E-state index in [1.54, 1.807) is 0 Å². The van der Waals surface area contributed by atoms with Crippen molar-refractivity contribution in [2.45, 2.75) is 66.3 Å². The first kappa shape index (κ1) is 102. The summed E-state index contributed by atoms with van der Waals surface area (Å²) in [5.41, 5.74) is 0. The fraction of sp³-hybridized carbons (Fsp3) is 1.00. The van der Waals surface area contributed by atoms with E-state index in [0.29, 0.717) is 32.5 Å². The van der Waals surface area contributed by atoms with E-state index in [9.17, 15) is 0 Å². The van der Waals surface area contributed by atoms with Crippen LogP contribution in [0.25, 0.3) is 0 Å². The van der Waals surface area contributed by atoms with Gasteiger partial charge in [-0.05, 0) is 0 Å². The summed E-state index contributed by atoms with van der Waals surface area (Å²) in [6.07, 6.45) is -2.75. The van der Waals surface area contributed by atoms with E-state index in [1.807, 2.05) is 0 Å². The molecule has 1 aliphatic heterocycles. The molecule has 8 N–H and O–H groups in total. The Labute approximate surface area is 409 Å². The van der Waals surface area contributed by atoms with E-state index in [0.717, 1.165) is 20.3 Å². The van der Waals surface area contributed by atoms with Crippen LogP contribution in [-0.2, 0) is 107 Å². The zero-order valence-electron chi connectivity index (χ0n) is 30.3. The standard InChI is InChI=1S/2C4H11O3P.3C4H10O3.C3H7O2P.CH3O.4CH4.HI.2H3P.2Y/c2*1-6-2-4(5)3-7-8;3*1-7-3-4(6)2-5;6-5-2-3-1-4-3;1-2;;;;;;;;;/h2*4-5H,2-3,8H2,1H3;3*4-6H,2-3H2,1H3;3H,1-2,6H2;1H3;4*1H4;1H;2*1H3;;/q;;;;;;-1;;;;;;;;;. The van der Waals surface area contributed by atoms with E-state index in [-0.39, 0.29) is 179 Å². The molecule has 1 aliphatic rings. The Kier molecular flexibility index (Phi) is 183. The molecule has 344 valence electrons. The molecule has 0 bridgehead atoms. The second-order valence-corrected chi connectivity index (χ2v) is 9.05. The number of rotatable bonds is 19. The summed E-state index contributed by atoms with van der Waals surface area (Å²) >= 11 is 0. The number of aliphatic hydroxyl groups is 8. The predicted molar refractivity (Wildman–Crippen MR) is 238 cm³/mol. The van der Waals surface area contributed by atoms with Crippen LogP contribution in [0.3, 0.4) is 0 Å². The Morgan fingerprint density at radius 1 is 0.519 bits per heavy atom. The van der Waals surface area contributed by atoms with Crippen LogP contribution in [0.15, 0.2) is 0 Å². The molecule has 0 amide bonds. The topological polar surface area (TPSA) is 271 Å². The molecule has 18 nitrogen and oxygen atoms in total. The first-order valence-electron chi connectivity index (χ1n) is 13.1.